The smallest absolute Gasteiger partial charge is 0.350 e. The van der Waals surface area contributed by atoms with Gasteiger partial charge in [0.15, 0.2) is 23.7 Å². The van der Waals surface area contributed by atoms with E-state index >= 15 is 0 Å². The molecule has 13 heteroatoms. The third-order valence-electron chi connectivity index (χ3n) is 7.68. The maximum Gasteiger partial charge on any atom is 0.350 e. The van der Waals surface area contributed by atoms with Crippen LogP contribution in [0.3, 0.4) is 0 Å². The largest absolute Gasteiger partial charge is 0.374 e. The lowest BCUT2D eigenvalue weighted by atomic mass is 9.96. The number of carbonyl (C=O) groups excluding carboxylic acids is 1. The molecule has 4 aromatic carbocycles. The Hall–Kier alpha value is -4.34. The first-order valence-electron chi connectivity index (χ1n) is 15.2. The van der Waals surface area contributed by atoms with Crippen LogP contribution in [0.15, 0.2) is 103 Å². The van der Waals surface area contributed by atoms with Gasteiger partial charge >= 0.3 is 6.03 Å². The summed E-state index contributed by atoms with van der Waals surface area (Å²) in [5, 5.41) is 0.758. The molecular weight excluding hydrogens is 629 g/mol. The molecule has 48 heavy (non-hydrogen) atoms. The number of urea groups is 1. The van der Waals surface area contributed by atoms with Crippen LogP contribution in [0.5, 0.6) is 0 Å². The Morgan fingerprint density at radius 3 is 1.79 bits per heavy atom. The van der Waals surface area contributed by atoms with Gasteiger partial charge in [-0.25, -0.2) is 34.2 Å². The van der Waals surface area contributed by atoms with Gasteiger partial charge in [-0.1, -0.05) is 91.0 Å². The van der Waals surface area contributed by atoms with Crippen molar-refractivity contribution in [1.82, 2.24) is 10.9 Å². The molecule has 1 aliphatic rings. The van der Waals surface area contributed by atoms with Crippen molar-refractivity contribution in [3.8, 4) is 0 Å². The molecule has 4 N–H and O–H groups in total. The summed E-state index contributed by atoms with van der Waals surface area (Å²) in [7, 11) is 1.43. The van der Waals surface area contributed by atoms with Crippen molar-refractivity contribution in [3.63, 3.8) is 0 Å². The second kappa shape index (κ2) is 17.2. The van der Waals surface area contributed by atoms with Gasteiger partial charge in [-0.15, -0.1) is 0 Å². The van der Waals surface area contributed by atoms with E-state index in [0.717, 1.165) is 21.7 Å². The van der Waals surface area contributed by atoms with E-state index < -0.39 is 54.1 Å². The van der Waals surface area contributed by atoms with Crippen molar-refractivity contribution in [2.75, 3.05) is 18.7 Å². The summed E-state index contributed by atoms with van der Waals surface area (Å²) in [6.45, 7) is 0.525. The first-order chi connectivity index (χ1) is 23.4. The van der Waals surface area contributed by atoms with E-state index in [9.17, 15) is 18.0 Å². The summed E-state index contributed by atoms with van der Waals surface area (Å²) < 4.78 is 73.9. The van der Waals surface area contributed by atoms with E-state index in [1.54, 1.807) is 0 Å². The minimum absolute atomic E-state index is 0.0285. The van der Waals surface area contributed by atoms with E-state index in [4.69, 9.17) is 29.5 Å². The molecular formula is C35H37F3N4O6. The Morgan fingerprint density at radius 2 is 1.29 bits per heavy atom. The fourth-order valence-corrected chi connectivity index (χ4v) is 5.31. The van der Waals surface area contributed by atoms with E-state index in [2.05, 4.69) is 5.43 Å². The van der Waals surface area contributed by atoms with Crippen LogP contribution in [0.2, 0.25) is 0 Å². The predicted molar refractivity (Wildman–Crippen MR) is 170 cm³/mol. The van der Waals surface area contributed by atoms with Crippen molar-refractivity contribution in [1.29, 1.82) is 0 Å². The highest BCUT2D eigenvalue weighted by molar-refractivity contribution is 5.90. The lowest BCUT2D eigenvalue weighted by Gasteiger charge is -2.47. The van der Waals surface area contributed by atoms with Crippen LogP contribution in [0.1, 0.15) is 16.7 Å². The second-order valence-electron chi connectivity index (χ2n) is 11.0. The number of nitrogens with zero attached hydrogens (tertiary/aromatic N) is 1. The molecule has 5 atom stereocenters. The second-order valence-corrected chi connectivity index (χ2v) is 11.0. The molecule has 1 saturated heterocycles. The van der Waals surface area contributed by atoms with Crippen LogP contribution in [0.4, 0.5) is 23.7 Å². The SMILES string of the molecule is CO[C@H]1O[C@H](COCc2ccccc2)[C@H](OCc2ccccc2)[C@H](NN(C(=O)NN)c2cc(F)c(F)c(F)c2)[C@H]1OCc1ccccc1. The molecule has 4 aromatic rings. The maximum absolute atomic E-state index is 14.4. The van der Waals surface area contributed by atoms with Crippen LogP contribution < -0.4 is 21.7 Å². The van der Waals surface area contributed by atoms with E-state index in [0.29, 0.717) is 12.1 Å². The summed E-state index contributed by atoms with van der Waals surface area (Å²) >= 11 is 0. The minimum Gasteiger partial charge on any atom is -0.374 e. The highest BCUT2D eigenvalue weighted by Crippen LogP contribution is 2.30. The normalized spacial score (nSPS) is 20.7. The molecule has 1 heterocycles. The minimum atomic E-state index is -1.69. The molecule has 0 radical (unpaired) electrons. The van der Waals surface area contributed by atoms with Gasteiger partial charge in [0, 0.05) is 19.2 Å². The quantitative estimate of drug-likeness (QED) is 0.0735. The first-order valence-corrected chi connectivity index (χ1v) is 15.2. The van der Waals surface area contributed by atoms with Crippen molar-refractivity contribution in [2.24, 2.45) is 5.84 Å². The summed E-state index contributed by atoms with van der Waals surface area (Å²) in [6.07, 6.45) is -3.74. The van der Waals surface area contributed by atoms with Gasteiger partial charge in [0.1, 0.15) is 18.3 Å². The zero-order chi connectivity index (χ0) is 33.9. The Bertz CT molecular complexity index is 1570. The van der Waals surface area contributed by atoms with Crippen LogP contribution in [0, 0.1) is 17.5 Å². The number of ether oxygens (including phenoxy) is 5. The van der Waals surface area contributed by atoms with Crippen LogP contribution >= 0.6 is 0 Å². The number of hydrazine groups is 2. The average Bonchev–Trinajstić information content (AvgIpc) is 3.12. The van der Waals surface area contributed by atoms with Crippen LogP contribution in [0.25, 0.3) is 0 Å². The average molecular weight is 667 g/mol. The molecule has 2 amide bonds. The number of hydrogen-bond donors (Lipinski definition) is 3. The molecule has 0 bridgehead atoms. The number of hydrogen-bond acceptors (Lipinski definition) is 8. The molecule has 0 aromatic heterocycles. The number of benzene rings is 4. The molecule has 0 aliphatic carbocycles. The standard InChI is InChI=1S/C35H37F3N4O6/c1-44-34-33(47-21-25-15-9-4-10-16-25)31(41-42(35(43)40-39)26-17-27(36)30(38)28(37)18-26)32(46-20-24-13-7-3-8-14-24)29(48-34)22-45-19-23-11-5-2-6-12-23/h2-18,29,31-34,41H,19-22,39H2,1H3,(H,40,43)/t29-,31+,32+,33-,34+/m1/s1. The fraction of sp³-hybridized carbons (Fsp3) is 0.286. The van der Waals surface area contributed by atoms with Gasteiger partial charge in [-0.3, -0.25) is 5.43 Å². The zero-order valence-corrected chi connectivity index (χ0v) is 26.1. The highest BCUT2D eigenvalue weighted by Gasteiger charge is 2.49. The lowest BCUT2D eigenvalue weighted by Crippen LogP contribution is -2.69. The van der Waals surface area contributed by atoms with Gasteiger partial charge in [-0.05, 0) is 16.7 Å². The Kier molecular flexibility index (Phi) is 12.5. The molecule has 0 unspecified atom stereocenters. The third kappa shape index (κ3) is 8.96. The number of amides is 2. The maximum atomic E-state index is 14.4. The molecule has 5 rings (SSSR count). The number of nitrogens with one attached hydrogen (secondary N) is 2. The van der Waals surface area contributed by atoms with Gasteiger partial charge in [-0.2, -0.15) is 0 Å². The zero-order valence-electron chi connectivity index (χ0n) is 26.1. The Balaban J connectivity index is 1.52. The number of rotatable bonds is 14. The predicted octanol–water partition coefficient (Wildman–Crippen LogP) is 5.13. The van der Waals surface area contributed by atoms with Gasteiger partial charge in [0.2, 0.25) is 0 Å². The van der Waals surface area contributed by atoms with E-state index in [-0.39, 0.29) is 32.1 Å². The first kappa shape index (κ1) is 35.0. The number of carbonyl (C=O) groups is 1. The molecule has 254 valence electrons. The number of anilines is 1. The van der Waals surface area contributed by atoms with Crippen molar-refractivity contribution in [2.45, 2.75) is 50.5 Å². The Labute approximate surface area is 276 Å². The van der Waals surface area contributed by atoms with Gasteiger partial charge < -0.3 is 23.7 Å². The van der Waals surface area contributed by atoms with Crippen molar-refractivity contribution < 1.29 is 41.7 Å². The number of halogens is 3. The summed E-state index contributed by atoms with van der Waals surface area (Å²) in [4.78, 5) is 13.1. The monoisotopic (exact) mass is 666 g/mol. The fourth-order valence-electron chi connectivity index (χ4n) is 5.31. The summed E-state index contributed by atoms with van der Waals surface area (Å²) in [6, 6.07) is 27.5. The van der Waals surface area contributed by atoms with E-state index in [1.807, 2.05) is 96.4 Å². The van der Waals surface area contributed by atoms with Gasteiger partial charge in [0.25, 0.3) is 0 Å². The van der Waals surface area contributed by atoms with Gasteiger partial charge in [0.05, 0.1) is 38.2 Å². The molecule has 1 aliphatic heterocycles. The van der Waals surface area contributed by atoms with Crippen LogP contribution in [-0.4, -0.2) is 50.4 Å². The molecule has 1 fully saturated rings. The third-order valence-corrected chi connectivity index (χ3v) is 7.68. The number of methoxy groups -OCH3 is 1. The molecule has 0 saturated carbocycles. The summed E-state index contributed by atoms with van der Waals surface area (Å²) in [5.74, 6) is 0.774. The molecule has 0 spiro atoms. The van der Waals surface area contributed by atoms with Crippen LogP contribution in [-0.2, 0) is 43.5 Å². The van der Waals surface area contributed by atoms with E-state index in [1.165, 1.54) is 7.11 Å². The Morgan fingerprint density at radius 1 is 0.792 bits per heavy atom. The van der Waals surface area contributed by atoms with Crippen molar-refractivity contribution >= 4 is 11.7 Å². The molecule has 10 nitrogen and oxygen atoms in total. The highest BCUT2D eigenvalue weighted by atomic mass is 19.2. The number of nitrogens with two attached hydrogens (primary N) is 1. The summed E-state index contributed by atoms with van der Waals surface area (Å²) in [5.41, 5.74) is 7.18. The van der Waals surface area contributed by atoms with Crippen molar-refractivity contribution in [3.05, 3.63) is 137 Å². The lowest BCUT2D eigenvalue weighted by molar-refractivity contribution is -0.293. The topological polar surface area (TPSA) is 117 Å².